The van der Waals surface area contributed by atoms with Crippen molar-refractivity contribution in [3.8, 4) is 0 Å². The predicted octanol–water partition coefficient (Wildman–Crippen LogP) is 6.23. The third kappa shape index (κ3) is 7.40. The molecule has 1 saturated heterocycles. The zero-order valence-corrected chi connectivity index (χ0v) is 19.6. The number of nitrogens with zero attached hydrogens (tertiary/aromatic N) is 2. The number of piperidine rings is 1. The molecule has 0 unspecified atom stereocenters. The fourth-order valence-electron chi connectivity index (χ4n) is 3.83. The molecule has 1 aliphatic heterocycles. The number of carbonyl (C=O) groups excluding carboxylic acids is 2. The van der Waals surface area contributed by atoms with Gasteiger partial charge in [-0.1, -0.05) is 42.5 Å². The van der Waals surface area contributed by atoms with Gasteiger partial charge in [-0.05, 0) is 79.5 Å². The number of anilines is 2. The van der Waals surface area contributed by atoms with Crippen LogP contribution >= 0.6 is 0 Å². The Bertz CT molecular complexity index is 1180. The summed E-state index contributed by atoms with van der Waals surface area (Å²) in [6, 6.07) is 22.4. The van der Waals surface area contributed by atoms with E-state index in [0.717, 1.165) is 30.2 Å². The van der Waals surface area contributed by atoms with Crippen molar-refractivity contribution in [2.75, 3.05) is 29.9 Å². The average Bonchev–Trinajstić information content (AvgIpc) is 2.91. The Morgan fingerprint density at radius 3 is 2.43 bits per heavy atom. The van der Waals surface area contributed by atoms with Gasteiger partial charge in [0, 0.05) is 24.3 Å². The van der Waals surface area contributed by atoms with Gasteiger partial charge in [0.15, 0.2) is 5.78 Å². The lowest BCUT2D eigenvalue weighted by Gasteiger charge is -2.27. The number of rotatable bonds is 8. The minimum Gasteiger partial charge on any atom is -0.445 e. The number of hydrogen-bond acceptors (Lipinski definition) is 5. The molecule has 1 amide bonds. The van der Waals surface area contributed by atoms with E-state index in [4.69, 9.17) is 4.74 Å². The van der Waals surface area contributed by atoms with Gasteiger partial charge in [-0.15, -0.1) is 0 Å². The lowest BCUT2D eigenvalue weighted by Crippen LogP contribution is -2.30. The number of carbonyl (C=O) groups is 2. The van der Waals surface area contributed by atoms with E-state index in [1.807, 2.05) is 54.6 Å². The van der Waals surface area contributed by atoms with E-state index in [2.05, 4.69) is 15.2 Å². The summed E-state index contributed by atoms with van der Waals surface area (Å²) in [4.78, 5) is 31.5. The van der Waals surface area contributed by atoms with Gasteiger partial charge in [0.2, 0.25) is 0 Å². The molecule has 1 aromatic heterocycles. The van der Waals surface area contributed by atoms with Gasteiger partial charge in [0.1, 0.15) is 12.4 Å². The number of amides is 1. The minimum atomic E-state index is -0.554. The molecule has 6 heteroatoms. The largest absolute Gasteiger partial charge is 0.445 e. The van der Waals surface area contributed by atoms with Crippen molar-refractivity contribution >= 4 is 35.5 Å². The Morgan fingerprint density at radius 1 is 0.886 bits per heavy atom. The van der Waals surface area contributed by atoms with Crippen molar-refractivity contribution in [2.24, 2.45) is 0 Å². The maximum atomic E-state index is 12.6. The van der Waals surface area contributed by atoms with Crippen LogP contribution in [-0.2, 0) is 4.74 Å². The average molecular weight is 468 g/mol. The molecule has 2 aromatic carbocycles. The van der Waals surface area contributed by atoms with Gasteiger partial charge in [-0.2, -0.15) is 0 Å². The van der Waals surface area contributed by atoms with Crippen LogP contribution in [0.5, 0.6) is 0 Å². The summed E-state index contributed by atoms with van der Waals surface area (Å²) in [6.45, 7) is 2.21. The first-order chi connectivity index (χ1) is 17.2. The molecular formula is C29H29N3O3. The Labute approximate surface area is 206 Å². The highest BCUT2D eigenvalue weighted by Crippen LogP contribution is 2.18. The standard InChI is InChI=1S/C29H29N3O3/c33-27(19-18-25-12-7-13-28(30-25)32-20-5-2-6-21-32)24-14-16-26(17-15-24)31-29(34)35-22-8-11-23-9-3-1-4-10-23/h1,3-4,7-19H,2,5-6,20-22H2,(H,31,34). The van der Waals surface area contributed by atoms with E-state index in [-0.39, 0.29) is 12.4 Å². The highest BCUT2D eigenvalue weighted by atomic mass is 16.5. The summed E-state index contributed by atoms with van der Waals surface area (Å²) >= 11 is 0. The lowest BCUT2D eigenvalue weighted by atomic mass is 10.1. The van der Waals surface area contributed by atoms with E-state index in [1.54, 1.807) is 36.4 Å². The minimum absolute atomic E-state index is 0.129. The number of nitrogens with one attached hydrogen (secondary N) is 1. The SMILES string of the molecule is O=C(Nc1ccc(C(=O)C=Cc2cccc(N3CCCCC3)n2)cc1)OCC=Cc1ccccc1. The molecule has 1 fully saturated rings. The van der Waals surface area contributed by atoms with E-state index >= 15 is 0 Å². The number of pyridine rings is 1. The molecule has 3 aromatic rings. The van der Waals surface area contributed by atoms with Crippen LogP contribution in [0.1, 0.15) is 40.9 Å². The van der Waals surface area contributed by atoms with Crippen LogP contribution in [0.4, 0.5) is 16.3 Å². The van der Waals surface area contributed by atoms with Crippen LogP contribution in [0.25, 0.3) is 12.2 Å². The summed E-state index contributed by atoms with van der Waals surface area (Å²) in [5, 5.41) is 2.66. The van der Waals surface area contributed by atoms with Gasteiger partial charge in [0.05, 0.1) is 5.69 Å². The Kier molecular flexibility index (Phi) is 8.43. The third-order valence-corrected chi connectivity index (χ3v) is 5.68. The van der Waals surface area contributed by atoms with Crippen LogP contribution in [0, 0.1) is 0 Å². The van der Waals surface area contributed by atoms with Crippen molar-refractivity contribution < 1.29 is 14.3 Å². The van der Waals surface area contributed by atoms with Crippen LogP contribution in [0.15, 0.2) is 84.9 Å². The first kappa shape index (κ1) is 24.0. The molecule has 0 atom stereocenters. The summed E-state index contributed by atoms with van der Waals surface area (Å²) in [7, 11) is 0. The monoisotopic (exact) mass is 467 g/mol. The van der Waals surface area contributed by atoms with Gasteiger partial charge in [-0.25, -0.2) is 9.78 Å². The van der Waals surface area contributed by atoms with Crippen molar-refractivity contribution in [1.29, 1.82) is 0 Å². The second kappa shape index (κ2) is 12.3. The molecule has 0 aliphatic carbocycles. The zero-order chi connectivity index (χ0) is 24.3. The zero-order valence-electron chi connectivity index (χ0n) is 19.6. The van der Waals surface area contributed by atoms with Crippen LogP contribution < -0.4 is 10.2 Å². The number of ketones is 1. The smallest absolute Gasteiger partial charge is 0.411 e. The van der Waals surface area contributed by atoms with E-state index in [1.165, 1.54) is 25.3 Å². The van der Waals surface area contributed by atoms with Gasteiger partial charge >= 0.3 is 6.09 Å². The van der Waals surface area contributed by atoms with Crippen LogP contribution in [0.3, 0.4) is 0 Å². The second-order valence-corrected chi connectivity index (χ2v) is 8.28. The molecule has 0 spiro atoms. The molecule has 1 N–H and O–H groups in total. The quantitative estimate of drug-likeness (QED) is 0.314. The van der Waals surface area contributed by atoms with Gasteiger partial charge in [-0.3, -0.25) is 10.1 Å². The summed E-state index contributed by atoms with van der Waals surface area (Å²) in [5.74, 6) is 0.826. The van der Waals surface area contributed by atoms with Gasteiger partial charge < -0.3 is 9.64 Å². The van der Waals surface area contributed by atoms with Crippen LogP contribution in [0.2, 0.25) is 0 Å². The molecule has 0 radical (unpaired) electrons. The topological polar surface area (TPSA) is 71.5 Å². The Morgan fingerprint density at radius 2 is 1.66 bits per heavy atom. The normalized spacial score (nSPS) is 13.8. The molecule has 0 saturated carbocycles. The Hall–Kier alpha value is -4.19. The third-order valence-electron chi connectivity index (χ3n) is 5.68. The number of benzene rings is 2. The predicted molar refractivity (Wildman–Crippen MR) is 141 cm³/mol. The number of aromatic nitrogens is 1. The van der Waals surface area contributed by atoms with Crippen molar-refractivity contribution in [3.05, 3.63) is 102 Å². The fourth-order valence-corrected chi connectivity index (χ4v) is 3.83. The van der Waals surface area contributed by atoms with Crippen LogP contribution in [-0.4, -0.2) is 36.6 Å². The highest BCUT2D eigenvalue weighted by molar-refractivity contribution is 6.07. The summed E-state index contributed by atoms with van der Waals surface area (Å²) in [5.41, 5.74) is 2.87. The van der Waals surface area contributed by atoms with Crippen molar-refractivity contribution in [2.45, 2.75) is 19.3 Å². The first-order valence-electron chi connectivity index (χ1n) is 11.9. The van der Waals surface area contributed by atoms with Gasteiger partial charge in [0.25, 0.3) is 0 Å². The second-order valence-electron chi connectivity index (χ2n) is 8.28. The molecule has 2 heterocycles. The van der Waals surface area contributed by atoms with E-state index in [0.29, 0.717) is 11.3 Å². The molecule has 178 valence electrons. The van der Waals surface area contributed by atoms with Crippen molar-refractivity contribution in [3.63, 3.8) is 0 Å². The van der Waals surface area contributed by atoms with Crippen molar-refractivity contribution in [1.82, 2.24) is 4.98 Å². The molecule has 6 nitrogen and oxygen atoms in total. The molecule has 0 bridgehead atoms. The molecule has 1 aliphatic rings. The maximum absolute atomic E-state index is 12.6. The Balaban J connectivity index is 1.26. The van der Waals surface area contributed by atoms with E-state index in [9.17, 15) is 9.59 Å². The highest BCUT2D eigenvalue weighted by Gasteiger charge is 2.12. The maximum Gasteiger partial charge on any atom is 0.411 e. The number of ether oxygens (including phenoxy) is 1. The fraction of sp³-hybridized carbons (Fsp3) is 0.207. The molecular weight excluding hydrogens is 438 g/mol. The summed E-state index contributed by atoms with van der Waals surface area (Å²) in [6.07, 6.45) is 10.0. The molecule has 35 heavy (non-hydrogen) atoms. The number of allylic oxidation sites excluding steroid dienone is 1. The first-order valence-corrected chi connectivity index (χ1v) is 11.9. The van der Waals surface area contributed by atoms with E-state index < -0.39 is 6.09 Å². The summed E-state index contributed by atoms with van der Waals surface area (Å²) < 4.78 is 5.16. The number of hydrogen-bond donors (Lipinski definition) is 1. The molecule has 4 rings (SSSR count). The lowest BCUT2D eigenvalue weighted by molar-refractivity contribution is 0.104.